The van der Waals surface area contributed by atoms with Crippen LogP contribution in [0.1, 0.15) is 24.1 Å². The first-order chi connectivity index (χ1) is 15.7. The summed E-state index contributed by atoms with van der Waals surface area (Å²) >= 11 is 0. The standard InChI is InChI=1S/C24H30N4O4/c1-29-21-12-17(13-22(30-2)24(21)31-3)23-18(14-26-27-23)15-28-10-7-20(8-11-28)32-16-19-6-4-5-9-25-19/h4-6,9,12-14,20H,7-8,10-11,15-16H2,1-3H3,(H,26,27). The van der Waals surface area contributed by atoms with E-state index in [4.69, 9.17) is 18.9 Å². The molecular weight excluding hydrogens is 408 g/mol. The van der Waals surface area contributed by atoms with E-state index in [0.717, 1.165) is 55.0 Å². The van der Waals surface area contributed by atoms with Gasteiger partial charge in [0.15, 0.2) is 11.5 Å². The third kappa shape index (κ3) is 5.03. The van der Waals surface area contributed by atoms with Crippen LogP contribution < -0.4 is 14.2 Å². The second kappa shape index (κ2) is 10.5. The van der Waals surface area contributed by atoms with Crippen LogP contribution in [0.5, 0.6) is 17.2 Å². The van der Waals surface area contributed by atoms with E-state index in [1.165, 1.54) is 0 Å². The van der Waals surface area contributed by atoms with Crippen LogP contribution in [0.4, 0.5) is 0 Å². The highest BCUT2D eigenvalue weighted by Crippen LogP contribution is 2.41. The Bertz CT molecular complexity index is 975. The Labute approximate surface area is 188 Å². The Morgan fingerprint density at radius 3 is 2.41 bits per heavy atom. The van der Waals surface area contributed by atoms with Gasteiger partial charge in [-0.2, -0.15) is 5.10 Å². The lowest BCUT2D eigenvalue weighted by Gasteiger charge is -2.31. The summed E-state index contributed by atoms with van der Waals surface area (Å²) in [5.74, 6) is 1.81. The number of likely N-dealkylation sites (tertiary alicyclic amines) is 1. The van der Waals surface area contributed by atoms with E-state index in [1.807, 2.05) is 36.5 Å². The van der Waals surface area contributed by atoms with Crippen LogP contribution in [0.25, 0.3) is 11.3 Å². The molecule has 1 aliphatic rings. The van der Waals surface area contributed by atoms with Gasteiger partial charge in [-0.3, -0.25) is 15.0 Å². The second-order valence-electron chi connectivity index (χ2n) is 7.79. The van der Waals surface area contributed by atoms with E-state index in [-0.39, 0.29) is 6.10 Å². The zero-order valence-electron chi connectivity index (χ0n) is 18.8. The maximum absolute atomic E-state index is 6.07. The van der Waals surface area contributed by atoms with Gasteiger partial charge >= 0.3 is 0 Å². The molecule has 0 bridgehead atoms. The number of H-pyrrole nitrogens is 1. The van der Waals surface area contributed by atoms with Gasteiger partial charge in [0.2, 0.25) is 5.75 Å². The van der Waals surface area contributed by atoms with Crippen LogP contribution >= 0.6 is 0 Å². The topological polar surface area (TPSA) is 81.7 Å². The summed E-state index contributed by atoms with van der Waals surface area (Å²) in [6.45, 7) is 3.34. The largest absolute Gasteiger partial charge is 0.493 e. The molecule has 0 aliphatic carbocycles. The maximum Gasteiger partial charge on any atom is 0.203 e. The normalized spacial score (nSPS) is 15.0. The van der Waals surface area contributed by atoms with Gasteiger partial charge in [-0.25, -0.2) is 0 Å². The van der Waals surface area contributed by atoms with Crippen LogP contribution in [-0.2, 0) is 17.9 Å². The summed E-state index contributed by atoms with van der Waals surface area (Å²) < 4.78 is 22.5. The smallest absolute Gasteiger partial charge is 0.203 e. The number of nitrogens with one attached hydrogen (secondary N) is 1. The lowest BCUT2D eigenvalue weighted by atomic mass is 10.0. The van der Waals surface area contributed by atoms with E-state index in [2.05, 4.69) is 20.1 Å². The molecule has 0 radical (unpaired) electrons. The summed E-state index contributed by atoms with van der Waals surface area (Å²) in [7, 11) is 4.84. The van der Waals surface area contributed by atoms with Crippen molar-refractivity contribution in [2.45, 2.75) is 32.1 Å². The minimum absolute atomic E-state index is 0.271. The third-order valence-electron chi connectivity index (χ3n) is 5.79. The van der Waals surface area contributed by atoms with Crippen LogP contribution in [0.15, 0.2) is 42.7 Å². The van der Waals surface area contributed by atoms with Crippen molar-refractivity contribution < 1.29 is 18.9 Å². The molecule has 0 atom stereocenters. The number of pyridine rings is 1. The Kier molecular flexibility index (Phi) is 7.24. The monoisotopic (exact) mass is 438 g/mol. The molecule has 2 aromatic heterocycles. The molecule has 170 valence electrons. The molecule has 1 N–H and O–H groups in total. The summed E-state index contributed by atoms with van der Waals surface area (Å²) in [6, 6.07) is 9.79. The number of piperidine rings is 1. The average molecular weight is 439 g/mol. The quantitative estimate of drug-likeness (QED) is 0.546. The minimum atomic E-state index is 0.271. The molecule has 3 heterocycles. The van der Waals surface area contributed by atoms with E-state index < -0.39 is 0 Å². The maximum atomic E-state index is 6.07. The molecule has 8 heteroatoms. The predicted molar refractivity (Wildman–Crippen MR) is 121 cm³/mol. The molecule has 0 amide bonds. The van der Waals surface area contributed by atoms with Crippen molar-refractivity contribution in [2.75, 3.05) is 34.4 Å². The molecule has 3 aromatic rings. The molecular formula is C24H30N4O4. The highest BCUT2D eigenvalue weighted by Gasteiger charge is 2.22. The molecule has 4 rings (SSSR count). The molecule has 0 spiro atoms. The molecule has 1 saturated heterocycles. The second-order valence-corrected chi connectivity index (χ2v) is 7.79. The molecule has 32 heavy (non-hydrogen) atoms. The van der Waals surface area contributed by atoms with Crippen molar-refractivity contribution in [1.29, 1.82) is 0 Å². The van der Waals surface area contributed by atoms with E-state index in [1.54, 1.807) is 27.5 Å². The third-order valence-corrected chi connectivity index (χ3v) is 5.79. The first-order valence-corrected chi connectivity index (χ1v) is 10.8. The van der Waals surface area contributed by atoms with Crippen molar-refractivity contribution in [3.8, 4) is 28.5 Å². The number of rotatable bonds is 9. The van der Waals surface area contributed by atoms with Gasteiger partial charge in [0.25, 0.3) is 0 Å². The van der Waals surface area contributed by atoms with Gasteiger partial charge in [0.1, 0.15) is 0 Å². The number of methoxy groups -OCH3 is 3. The number of benzene rings is 1. The zero-order valence-corrected chi connectivity index (χ0v) is 18.8. The van der Waals surface area contributed by atoms with Gasteiger partial charge in [-0.05, 0) is 37.1 Å². The van der Waals surface area contributed by atoms with Gasteiger partial charge < -0.3 is 18.9 Å². The fraction of sp³-hybridized carbons (Fsp3) is 0.417. The Hall–Kier alpha value is -3.10. The van der Waals surface area contributed by atoms with Crippen LogP contribution in [0.2, 0.25) is 0 Å². The first kappa shape index (κ1) is 22.1. The summed E-state index contributed by atoms with van der Waals surface area (Å²) in [5, 5.41) is 7.44. The Balaban J connectivity index is 1.39. The highest BCUT2D eigenvalue weighted by atomic mass is 16.5. The minimum Gasteiger partial charge on any atom is -0.493 e. The number of aromatic nitrogens is 3. The van der Waals surface area contributed by atoms with Crippen LogP contribution in [0, 0.1) is 0 Å². The number of aromatic amines is 1. The molecule has 0 unspecified atom stereocenters. The number of ether oxygens (including phenoxy) is 4. The molecule has 1 aliphatic heterocycles. The molecule has 1 aromatic carbocycles. The first-order valence-electron chi connectivity index (χ1n) is 10.8. The summed E-state index contributed by atoms with van der Waals surface area (Å²) in [5.41, 5.74) is 4.01. The van der Waals surface area contributed by atoms with Crippen molar-refractivity contribution in [2.24, 2.45) is 0 Å². The van der Waals surface area contributed by atoms with E-state index in [0.29, 0.717) is 23.9 Å². The number of hydrogen-bond acceptors (Lipinski definition) is 7. The van der Waals surface area contributed by atoms with Gasteiger partial charge in [-0.1, -0.05) is 6.07 Å². The lowest BCUT2D eigenvalue weighted by Crippen LogP contribution is -2.36. The van der Waals surface area contributed by atoms with Crippen LogP contribution in [-0.4, -0.2) is 60.6 Å². The Morgan fingerprint density at radius 1 is 1.03 bits per heavy atom. The number of hydrogen-bond donors (Lipinski definition) is 1. The summed E-state index contributed by atoms with van der Waals surface area (Å²) in [4.78, 5) is 6.77. The van der Waals surface area contributed by atoms with Crippen molar-refractivity contribution in [1.82, 2.24) is 20.1 Å². The van der Waals surface area contributed by atoms with Crippen molar-refractivity contribution >= 4 is 0 Å². The predicted octanol–water partition coefficient (Wildman–Crippen LogP) is 3.68. The SMILES string of the molecule is COc1cc(-c2[nH]ncc2CN2CCC(OCc3ccccn3)CC2)cc(OC)c1OC. The number of nitrogens with zero attached hydrogens (tertiary/aromatic N) is 3. The highest BCUT2D eigenvalue weighted by molar-refractivity contribution is 5.70. The molecule has 0 saturated carbocycles. The fourth-order valence-electron chi connectivity index (χ4n) is 4.07. The lowest BCUT2D eigenvalue weighted by molar-refractivity contribution is -0.00519. The van der Waals surface area contributed by atoms with E-state index in [9.17, 15) is 0 Å². The molecule has 8 nitrogen and oxygen atoms in total. The van der Waals surface area contributed by atoms with Crippen LogP contribution in [0.3, 0.4) is 0 Å². The van der Waals surface area contributed by atoms with Crippen molar-refractivity contribution in [3.63, 3.8) is 0 Å². The zero-order chi connectivity index (χ0) is 22.3. The summed E-state index contributed by atoms with van der Waals surface area (Å²) in [6.07, 6.45) is 5.97. The average Bonchev–Trinajstić information content (AvgIpc) is 3.31. The Morgan fingerprint density at radius 2 is 1.78 bits per heavy atom. The van der Waals surface area contributed by atoms with E-state index >= 15 is 0 Å². The fourth-order valence-corrected chi connectivity index (χ4v) is 4.07. The van der Waals surface area contributed by atoms with Gasteiger partial charge in [-0.15, -0.1) is 0 Å². The van der Waals surface area contributed by atoms with Gasteiger partial charge in [0.05, 0.1) is 51.6 Å². The van der Waals surface area contributed by atoms with Crippen molar-refractivity contribution in [3.05, 3.63) is 54.0 Å². The van der Waals surface area contributed by atoms with Gasteiger partial charge in [0, 0.05) is 37.0 Å². The molecule has 1 fully saturated rings.